The molecule has 2 aliphatic heterocycles. The third kappa shape index (κ3) is 8.41. The van der Waals surface area contributed by atoms with Crippen molar-refractivity contribution >= 4 is 23.2 Å². The molecule has 12 nitrogen and oxygen atoms in total. The second-order valence-electron chi connectivity index (χ2n) is 15.7. The first-order chi connectivity index (χ1) is 25.9. The Morgan fingerprint density at radius 2 is 1.81 bits per heavy atom. The molecule has 2 N–H and O–H groups in total. The van der Waals surface area contributed by atoms with Crippen molar-refractivity contribution in [3.63, 3.8) is 0 Å². The Bertz CT molecular complexity index is 2150. The van der Waals surface area contributed by atoms with Crippen LogP contribution in [0.5, 0.6) is 0 Å². The van der Waals surface area contributed by atoms with Gasteiger partial charge in [0.25, 0.3) is 11.7 Å². The van der Waals surface area contributed by atoms with Crippen molar-refractivity contribution < 1.29 is 23.3 Å². The van der Waals surface area contributed by atoms with Gasteiger partial charge in [0.05, 0.1) is 17.1 Å². The number of amides is 3. The molecule has 0 radical (unpaired) electrons. The molecule has 2 fully saturated rings. The summed E-state index contributed by atoms with van der Waals surface area (Å²) in [5.41, 5.74) is 7.35. The van der Waals surface area contributed by atoms with Crippen LogP contribution in [0.25, 0.3) is 16.8 Å². The molecule has 0 bridgehead atoms. The Kier molecular flexibility index (Phi) is 10.7. The van der Waals surface area contributed by atoms with Crippen molar-refractivity contribution in [1.82, 2.24) is 40.3 Å². The van der Waals surface area contributed by atoms with E-state index in [2.05, 4.69) is 47.9 Å². The lowest BCUT2D eigenvalue weighted by Crippen LogP contribution is -2.39. The Balaban J connectivity index is 0.896. The van der Waals surface area contributed by atoms with E-state index in [1.165, 1.54) is 11.9 Å². The van der Waals surface area contributed by atoms with Gasteiger partial charge in [-0.05, 0) is 98.0 Å². The van der Waals surface area contributed by atoms with E-state index < -0.39 is 12.1 Å². The van der Waals surface area contributed by atoms with Crippen LogP contribution in [-0.4, -0.2) is 73.2 Å². The van der Waals surface area contributed by atoms with Crippen molar-refractivity contribution in [2.24, 2.45) is 0 Å². The number of nitrogens with zero attached hydrogens (tertiary/aromatic N) is 6. The molecule has 1 unspecified atom stereocenters. The lowest BCUT2D eigenvalue weighted by atomic mass is 9.86. The molecule has 2 aromatic carbocycles. The highest BCUT2D eigenvalue weighted by Crippen LogP contribution is 2.32. The van der Waals surface area contributed by atoms with E-state index >= 15 is 4.39 Å². The maximum atomic E-state index is 15.3. The molecular formula is C41H47FN8O4. The van der Waals surface area contributed by atoms with E-state index in [9.17, 15) is 14.4 Å². The van der Waals surface area contributed by atoms with Gasteiger partial charge in [0.2, 0.25) is 17.7 Å². The van der Waals surface area contributed by atoms with Crippen molar-refractivity contribution in [2.45, 2.75) is 96.2 Å². The van der Waals surface area contributed by atoms with Crippen LogP contribution in [0.1, 0.15) is 109 Å². The number of halogens is 1. The predicted octanol–water partition coefficient (Wildman–Crippen LogP) is 5.99. The molecule has 3 aromatic heterocycles. The van der Waals surface area contributed by atoms with Gasteiger partial charge in [-0.15, -0.1) is 0 Å². The molecule has 5 aromatic rings. The summed E-state index contributed by atoms with van der Waals surface area (Å²) in [5, 5.41) is 13.6. The van der Waals surface area contributed by atoms with Crippen LogP contribution in [0.15, 0.2) is 65.6 Å². The predicted molar refractivity (Wildman–Crippen MR) is 201 cm³/mol. The van der Waals surface area contributed by atoms with Crippen LogP contribution in [0.2, 0.25) is 0 Å². The number of likely N-dealkylation sites (tertiary alicyclic amines) is 1. The number of carbonyl (C=O) groups is 3. The van der Waals surface area contributed by atoms with E-state index in [1.807, 2.05) is 70.3 Å². The summed E-state index contributed by atoms with van der Waals surface area (Å²) in [7, 11) is 0. The van der Waals surface area contributed by atoms with Crippen LogP contribution >= 0.6 is 0 Å². The zero-order valence-electron chi connectivity index (χ0n) is 31.3. The highest BCUT2D eigenvalue weighted by atomic mass is 19.1. The van der Waals surface area contributed by atoms with Crippen molar-refractivity contribution in [3.8, 4) is 11.3 Å². The number of nitrogens with one attached hydrogen (secondary N) is 2. The summed E-state index contributed by atoms with van der Waals surface area (Å²) < 4.78 is 22.4. The number of carbonyl (C=O) groups excluding carboxylic acids is 3. The first-order valence-electron chi connectivity index (χ1n) is 18.8. The zero-order chi connectivity index (χ0) is 38.0. The van der Waals surface area contributed by atoms with Crippen molar-refractivity contribution in [3.05, 3.63) is 101 Å². The molecule has 0 saturated carbocycles. The van der Waals surface area contributed by atoms with Gasteiger partial charge in [0, 0.05) is 36.7 Å². The molecule has 3 amide bonds. The van der Waals surface area contributed by atoms with E-state index in [1.54, 1.807) is 4.52 Å². The SMILES string of the molecule is Cc1cc(-c2ncnn3cc(CC[C@H](F)CN4CCC(c5ccc(C6CCC(=O)NC6=O)cc5)CC4)cc23)ccc1CNC(=O)c1noc(C(C)(C)C)n1. The van der Waals surface area contributed by atoms with Gasteiger partial charge in [-0.25, -0.2) is 13.9 Å². The Hall–Kier alpha value is -5.30. The molecule has 5 heterocycles. The smallest absolute Gasteiger partial charge is 0.292 e. The highest BCUT2D eigenvalue weighted by molar-refractivity contribution is 6.00. The molecule has 0 aliphatic carbocycles. The van der Waals surface area contributed by atoms with Gasteiger partial charge < -0.3 is 14.7 Å². The highest BCUT2D eigenvalue weighted by Gasteiger charge is 2.29. The molecule has 2 atom stereocenters. The molecule has 282 valence electrons. The fourth-order valence-corrected chi connectivity index (χ4v) is 7.41. The summed E-state index contributed by atoms with van der Waals surface area (Å²) >= 11 is 0. The third-order valence-corrected chi connectivity index (χ3v) is 10.6. The van der Waals surface area contributed by atoms with E-state index in [0.29, 0.717) is 50.6 Å². The summed E-state index contributed by atoms with van der Waals surface area (Å²) in [6.45, 7) is 10.2. The quantitative estimate of drug-likeness (QED) is 0.156. The van der Waals surface area contributed by atoms with Crippen LogP contribution in [0.4, 0.5) is 4.39 Å². The molecule has 13 heteroatoms. The third-order valence-electron chi connectivity index (χ3n) is 10.6. The lowest BCUT2D eigenvalue weighted by Gasteiger charge is -2.33. The minimum absolute atomic E-state index is 0.00916. The summed E-state index contributed by atoms with van der Waals surface area (Å²) in [5.74, 6) is -0.266. The number of alkyl halides is 1. The molecule has 7 rings (SSSR count). The minimum atomic E-state index is -0.945. The fourth-order valence-electron chi connectivity index (χ4n) is 7.41. The Morgan fingerprint density at radius 1 is 1.06 bits per heavy atom. The average molecular weight is 735 g/mol. The monoisotopic (exact) mass is 734 g/mol. The molecule has 0 spiro atoms. The standard InChI is InChI=1S/C41H47FN8O4/c1-25-19-30(10-11-31(25)21-43-39(53)37-47-40(54-48-37)41(2,3)4)36-34-20-26(22-50(34)45-24-44-36)5-12-32(42)23-49-17-15-28(16-18-49)27-6-8-29(9-7-27)33-13-14-35(51)46-38(33)52/h6-11,19-20,22,24,28,32-33H,5,12-18,21,23H2,1-4H3,(H,43,53)(H,46,51,52)/t32-,33?/m0/s1. The number of fused-ring (bicyclic) bond motifs is 1. The van der Waals surface area contributed by atoms with E-state index in [-0.39, 0.29) is 29.0 Å². The number of hydrogen-bond donors (Lipinski definition) is 2. The van der Waals surface area contributed by atoms with E-state index in [4.69, 9.17) is 4.52 Å². The minimum Gasteiger partial charge on any atom is -0.345 e. The maximum absolute atomic E-state index is 15.3. The zero-order valence-corrected chi connectivity index (χ0v) is 31.3. The number of benzene rings is 2. The van der Waals surface area contributed by atoms with Crippen LogP contribution in [-0.2, 0) is 28.0 Å². The van der Waals surface area contributed by atoms with Gasteiger partial charge in [-0.2, -0.15) is 10.1 Å². The maximum Gasteiger partial charge on any atom is 0.292 e. The first kappa shape index (κ1) is 37.0. The molecule has 2 saturated heterocycles. The van der Waals surface area contributed by atoms with Crippen LogP contribution in [0, 0.1) is 6.92 Å². The summed E-state index contributed by atoms with van der Waals surface area (Å²) in [4.78, 5) is 47.5. The summed E-state index contributed by atoms with van der Waals surface area (Å²) in [6.07, 6.45) is 6.39. The normalized spacial score (nSPS) is 17.8. The van der Waals surface area contributed by atoms with Crippen molar-refractivity contribution in [2.75, 3.05) is 19.6 Å². The summed E-state index contributed by atoms with van der Waals surface area (Å²) in [6, 6.07) is 16.3. The second-order valence-corrected chi connectivity index (χ2v) is 15.7. The number of piperidine rings is 2. The largest absolute Gasteiger partial charge is 0.345 e. The lowest BCUT2D eigenvalue weighted by molar-refractivity contribution is -0.134. The number of aromatic nitrogens is 5. The fraction of sp³-hybridized carbons (Fsp3) is 0.439. The van der Waals surface area contributed by atoms with Gasteiger partial charge in [0.15, 0.2) is 0 Å². The molecular weight excluding hydrogens is 688 g/mol. The van der Waals surface area contributed by atoms with Crippen LogP contribution < -0.4 is 10.6 Å². The Labute approximate surface area is 313 Å². The Morgan fingerprint density at radius 3 is 2.52 bits per heavy atom. The molecule has 54 heavy (non-hydrogen) atoms. The van der Waals surface area contributed by atoms with Crippen LogP contribution in [0.3, 0.4) is 0 Å². The number of aryl methyl sites for hydroxylation is 2. The van der Waals surface area contributed by atoms with Gasteiger partial charge in [-0.3, -0.25) is 19.7 Å². The second kappa shape index (κ2) is 15.6. The van der Waals surface area contributed by atoms with Gasteiger partial charge >= 0.3 is 0 Å². The average Bonchev–Trinajstić information content (AvgIpc) is 3.83. The number of rotatable bonds is 11. The van der Waals surface area contributed by atoms with E-state index in [0.717, 1.165) is 65.0 Å². The number of hydrogen-bond acceptors (Lipinski definition) is 9. The van der Waals surface area contributed by atoms with Gasteiger partial charge in [-0.1, -0.05) is 62.3 Å². The van der Waals surface area contributed by atoms with Gasteiger partial charge in [0.1, 0.15) is 12.5 Å². The van der Waals surface area contributed by atoms with Crippen molar-refractivity contribution in [1.29, 1.82) is 0 Å². The molecule has 2 aliphatic rings. The number of imide groups is 1. The first-order valence-corrected chi connectivity index (χ1v) is 18.8. The topological polar surface area (TPSA) is 148 Å².